The van der Waals surface area contributed by atoms with E-state index in [1.807, 2.05) is 0 Å². The van der Waals surface area contributed by atoms with Crippen molar-refractivity contribution in [2.24, 2.45) is 0 Å². The smallest absolute Gasteiger partial charge is 0.418 e. The van der Waals surface area contributed by atoms with Crippen LogP contribution in [-0.4, -0.2) is 30.0 Å². The third kappa shape index (κ3) is 5.38. The number of halogens is 4. The number of allylic oxidation sites excluding steroid dienone is 2. The van der Waals surface area contributed by atoms with Crippen molar-refractivity contribution < 1.29 is 27.4 Å². The lowest BCUT2D eigenvalue weighted by atomic mass is 9.74. The summed E-state index contributed by atoms with van der Waals surface area (Å²) < 4.78 is 62.4. The highest BCUT2D eigenvalue weighted by atomic mass is 19.4. The average Bonchev–Trinajstić information content (AvgIpc) is 3.17. The number of hydrogen-bond donors (Lipinski definition) is 3. The van der Waals surface area contributed by atoms with E-state index in [9.17, 15) is 22.7 Å². The van der Waals surface area contributed by atoms with E-state index in [4.69, 9.17) is 10.5 Å². The van der Waals surface area contributed by atoms with Crippen LogP contribution in [-0.2, 0) is 11.8 Å². The second-order valence-corrected chi connectivity index (χ2v) is 9.47. The summed E-state index contributed by atoms with van der Waals surface area (Å²) in [7, 11) is 0. The number of anilines is 2. The zero-order valence-electron chi connectivity index (χ0n) is 19.5. The van der Waals surface area contributed by atoms with Crippen molar-refractivity contribution >= 4 is 17.5 Å². The van der Waals surface area contributed by atoms with Crippen molar-refractivity contribution in [1.82, 2.24) is 0 Å². The van der Waals surface area contributed by atoms with Crippen LogP contribution in [0.1, 0.15) is 43.9 Å². The molecule has 0 aromatic heterocycles. The van der Waals surface area contributed by atoms with Crippen molar-refractivity contribution in [1.29, 1.82) is 0 Å². The fraction of sp³-hybridized carbons (Fsp3) is 0.385. The lowest BCUT2D eigenvalue weighted by molar-refractivity contribution is -0.260. The molecular weight excluding hydrogens is 448 g/mol. The maximum absolute atomic E-state index is 14.2. The lowest BCUT2D eigenvalue weighted by Crippen LogP contribution is -2.53. The quantitative estimate of drug-likeness (QED) is 0.247. The molecule has 8 heteroatoms. The van der Waals surface area contributed by atoms with Gasteiger partial charge in [0.15, 0.2) is 5.60 Å². The summed E-state index contributed by atoms with van der Waals surface area (Å²) in [6, 6.07) is 7.35. The maximum Gasteiger partial charge on any atom is 0.418 e. The zero-order chi connectivity index (χ0) is 25.3. The summed E-state index contributed by atoms with van der Waals surface area (Å²) in [6.07, 6.45) is -1.83. The van der Waals surface area contributed by atoms with Gasteiger partial charge in [-0.05, 0) is 43.0 Å². The SMILES string of the molecule is C=C(C)/C=C\c1c(N)cccc1NCC(O)(CC(C)(C)c1cc(F)cc2c1OCC2)C(F)(F)F. The number of alkyl halides is 3. The Morgan fingerprint density at radius 3 is 2.62 bits per heavy atom. The van der Waals surface area contributed by atoms with Gasteiger partial charge in [0.25, 0.3) is 0 Å². The van der Waals surface area contributed by atoms with E-state index in [1.165, 1.54) is 12.1 Å². The van der Waals surface area contributed by atoms with Crippen LogP contribution >= 0.6 is 0 Å². The molecule has 1 aliphatic rings. The number of aliphatic hydroxyl groups is 1. The number of nitrogens with two attached hydrogens (primary N) is 1. The van der Waals surface area contributed by atoms with Gasteiger partial charge in [-0.25, -0.2) is 4.39 Å². The number of nitrogen functional groups attached to an aromatic ring is 1. The molecule has 2 aromatic carbocycles. The van der Waals surface area contributed by atoms with Crippen LogP contribution in [0.25, 0.3) is 6.08 Å². The Labute approximate surface area is 197 Å². The van der Waals surface area contributed by atoms with E-state index in [0.29, 0.717) is 46.8 Å². The summed E-state index contributed by atoms with van der Waals surface area (Å²) in [6.45, 7) is 8.15. The fourth-order valence-corrected chi connectivity index (χ4v) is 4.25. The lowest BCUT2D eigenvalue weighted by Gasteiger charge is -2.38. The van der Waals surface area contributed by atoms with Gasteiger partial charge in [-0.3, -0.25) is 0 Å². The van der Waals surface area contributed by atoms with Gasteiger partial charge in [0, 0.05) is 34.5 Å². The van der Waals surface area contributed by atoms with Crippen molar-refractivity contribution in [2.45, 2.75) is 50.8 Å². The molecule has 0 saturated carbocycles. The molecule has 0 fully saturated rings. The van der Waals surface area contributed by atoms with Crippen LogP contribution < -0.4 is 15.8 Å². The van der Waals surface area contributed by atoms with E-state index >= 15 is 0 Å². The van der Waals surface area contributed by atoms with E-state index in [0.717, 1.165) is 5.57 Å². The third-order valence-corrected chi connectivity index (χ3v) is 5.99. The van der Waals surface area contributed by atoms with Crippen LogP contribution in [0.5, 0.6) is 5.75 Å². The number of fused-ring (bicyclic) bond motifs is 1. The minimum atomic E-state index is -4.96. The Balaban J connectivity index is 1.93. The summed E-state index contributed by atoms with van der Waals surface area (Å²) in [5.74, 6) is -0.151. The van der Waals surface area contributed by atoms with Crippen molar-refractivity contribution in [3.05, 3.63) is 71.1 Å². The standard InChI is InChI=1S/C26H30F4N2O2/c1-16(2)8-9-19-21(31)6-5-7-22(19)32-15-25(33,26(28,29)30)14-24(3,4)20-13-18(27)12-17-10-11-34-23(17)20/h5-9,12-13,32-33H,1,10-11,14-15,31H2,2-4H3/b9-8-. The molecule has 0 amide bonds. The molecule has 34 heavy (non-hydrogen) atoms. The number of hydrogen-bond acceptors (Lipinski definition) is 4. The Kier molecular flexibility index (Phi) is 7.03. The molecular formula is C26H30F4N2O2. The minimum absolute atomic E-state index is 0.303. The highest BCUT2D eigenvalue weighted by Crippen LogP contribution is 2.46. The van der Waals surface area contributed by atoms with Gasteiger partial charge in [-0.15, -0.1) is 0 Å². The van der Waals surface area contributed by atoms with Gasteiger partial charge in [0.1, 0.15) is 11.6 Å². The summed E-state index contributed by atoms with van der Waals surface area (Å²) in [5, 5.41) is 13.6. The van der Waals surface area contributed by atoms with Crippen LogP contribution in [0, 0.1) is 5.82 Å². The monoisotopic (exact) mass is 478 g/mol. The molecule has 3 rings (SSSR count). The van der Waals surface area contributed by atoms with E-state index in [2.05, 4.69) is 11.9 Å². The number of benzene rings is 2. The van der Waals surface area contributed by atoms with E-state index in [-0.39, 0.29) is 0 Å². The number of ether oxygens (including phenoxy) is 1. The Morgan fingerprint density at radius 2 is 1.97 bits per heavy atom. The molecule has 1 aliphatic heterocycles. The molecule has 4 N–H and O–H groups in total. The Hall–Kier alpha value is -3.00. The summed E-state index contributed by atoms with van der Waals surface area (Å²) in [5.41, 5.74) is 4.52. The minimum Gasteiger partial charge on any atom is -0.493 e. The highest BCUT2D eigenvalue weighted by Gasteiger charge is 2.56. The Morgan fingerprint density at radius 1 is 1.26 bits per heavy atom. The largest absolute Gasteiger partial charge is 0.493 e. The molecule has 1 atom stereocenters. The zero-order valence-corrected chi connectivity index (χ0v) is 19.5. The highest BCUT2D eigenvalue weighted by molar-refractivity contribution is 5.77. The van der Waals surface area contributed by atoms with Crippen molar-refractivity contribution in [2.75, 3.05) is 24.2 Å². The van der Waals surface area contributed by atoms with Gasteiger partial charge in [0.05, 0.1) is 13.2 Å². The van der Waals surface area contributed by atoms with Crippen molar-refractivity contribution in [3.8, 4) is 5.75 Å². The molecule has 0 aliphatic carbocycles. The molecule has 184 valence electrons. The van der Waals surface area contributed by atoms with Crippen LogP contribution in [0.2, 0.25) is 0 Å². The van der Waals surface area contributed by atoms with Crippen LogP contribution in [0.3, 0.4) is 0 Å². The molecule has 0 spiro atoms. The molecule has 0 bridgehead atoms. The van der Waals surface area contributed by atoms with Gasteiger partial charge >= 0.3 is 6.18 Å². The third-order valence-electron chi connectivity index (χ3n) is 5.99. The van der Waals surface area contributed by atoms with E-state index in [1.54, 1.807) is 51.1 Å². The summed E-state index contributed by atoms with van der Waals surface area (Å²) >= 11 is 0. The predicted octanol–water partition coefficient (Wildman–Crippen LogP) is 6.01. The fourth-order valence-electron chi connectivity index (χ4n) is 4.25. The molecule has 1 heterocycles. The Bertz CT molecular complexity index is 1110. The second kappa shape index (κ2) is 9.33. The maximum atomic E-state index is 14.2. The molecule has 0 saturated heterocycles. The first-order chi connectivity index (χ1) is 15.7. The first kappa shape index (κ1) is 25.6. The molecule has 4 nitrogen and oxygen atoms in total. The topological polar surface area (TPSA) is 67.5 Å². The van der Waals surface area contributed by atoms with Gasteiger partial charge < -0.3 is 20.9 Å². The van der Waals surface area contributed by atoms with Gasteiger partial charge in [-0.2, -0.15) is 13.2 Å². The molecule has 1 unspecified atom stereocenters. The van der Waals surface area contributed by atoms with Gasteiger partial charge in [-0.1, -0.05) is 44.2 Å². The van der Waals surface area contributed by atoms with Crippen molar-refractivity contribution in [3.63, 3.8) is 0 Å². The molecule has 2 aromatic rings. The second-order valence-electron chi connectivity index (χ2n) is 9.47. The number of rotatable bonds is 8. The first-order valence-electron chi connectivity index (χ1n) is 10.9. The summed E-state index contributed by atoms with van der Waals surface area (Å²) in [4.78, 5) is 0. The van der Waals surface area contributed by atoms with E-state index < -0.39 is 36.0 Å². The van der Waals surface area contributed by atoms with Gasteiger partial charge in [0.2, 0.25) is 0 Å². The predicted molar refractivity (Wildman–Crippen MR) is 127 cm³/mol. The first-order valence-corrected chi connectivity index (χ1v) is 10.9. The van der Waals surface area contributed by atoms with Crippen LogP contribution in [0.4, 0.5) is 28.9 Å². The number of nitrogens with one attached hydrogen (secondary N) is 1. The molecule has 0 radical (unpaired) electrons. The normalized spacial score (nSPS) is 15.6. The average molecular weight is 479 g/mol. The van der Waals surface area contributed by atoms with Crippen LogP contribution in [0.15, 0.2) is 48.6 Å².